The zero-order chi connectivity index (χ0) is 14.2. The average Bonchev–Trinajstić information content (AvgIpc) is 2.24. The van der Waals surface area contributed by atoms with E-state index in [9.17, 15) is 4.57 Å². The van der Waals surface area contributed by atoms with Crippen molar-refractivity contribution in [2.45, 2.75) is 65.2 Å². The van der Waals surface area contributed by atoms with Gasteiger partial charge in [-0.15, -0.1) is 0 Å². The second-order valence-corrected chi connectivity index (χ2v) is 11.3. The van der Waals surface area contributed by atoms with Gasteiger partial charge in [0.2, 0.25) is 0 Å². The largest absolute Gasteiger partial charge is 0.318 e. The highest BCUT2D eigenvalue weighted by Crippen LogP contribution is 2.66. The molecule has 0 aliphatic rings. The minimum Gasteiger partial charge on any atom is -0.318 e. The van der Waals surface area contributed by atoms with Crippen LogP contribution in [-0.4, -0.2) is 10.3 Å². The van der Waals surface area contributed by atoms with Gasteiger partial charge in [-0.2, -0.15) is 0 Å². The van der Waals surface area contributed by atoms with Crippen LogP contribution in [0.25, 0.3) is 0 Å². The maximum atomic E-state index is 13.8. The van der Waals surface area contributed by atoms with Gasteiger partial charge in [-0.1, -0.05) is 72.7 Å². The van der Waals surface area contributed by atoms with Crippen LogP contribution in [0.2, 0.25) is 0 Å². The van der Waals surface area contributed by atoms with Crippen molar-refractivity contribution in [3.63, 3.8) is 0 Å². The SMILES string of the molecule is CCc1ccccc1P(=O)(C(C)(C)C)C(C)(C)C. The number of benzene rings is 1. The van der Waals surface area contributed by atoms with Gasteiger partial charge < -0.3 is 4.57 Å². The lowest BCUT2D eigenvalue weighted by atomic mass is 10.2. The Balaban J connectivity index is 3.62. The van der Waals surface area contributed by atoms with Gasteiger partial charge in [0.05, 0.1) is 0 Å². The van der Waals surface area contributed by atoms with Crippen molar-refractivity contribution in [3.8, 4) is 0 Å². The van der Waals surface area contributed by atoms with E-state index in [4.69, 9.17) is 0 Å². The van der Waals surface area contributed by atoms with E-state index >= 15 is 0 Å². The Morgan fingerprint density at radius 1 is 0.944 bits per heavy atom. The highest BCUT2D eigenvalue weighted by Gasteiger charge is 2.47. The van der Waals surface area contributed by atoms with E-state index in [1.807, 2.05) is 12.1 Å². The van der Waals surface area contributed by atoms with Gasteiger partial charge in [-0.25, -0.2) is 0 Å². The molecule has 0 unspecified atom stereocenters. The zero-order valence-electron chi connectivity index (χ0n) is 12.9. The summed E-state index contributed by atoms with van der Waals surface area (Å²) in [6.07, 6.45) is 0.937. The summed E-state index contributed by atoms with van der Waals surface area (Å²) < 4.78 is 13.8. The van der Waals surface area contributed by atoms with Crippen molar-refractivity contribution >= 4 is 12.4 Å². The average molecular weight is 266 g/mol. The molecule has 0 aromatic heterocycles. The van der Waals surface area contributed by atoms with Crippen molar-refractivity contribution < 1.29 is 4.57 Å². The van der Waals surface area contributed by atoms with E-state index in [1.165, 1.54) is 5.56 Å². The normalized spacial score (nSPS) is 13.7. The van der Waals surface area contributed by atoms with Crippen LogP contribution in [0.5, 0.6) is 0 Å². The Bertz CT molecular complexity index is 443. The van der Waals surface area contributed by atoms with E-state index in [0.29, 0.717) is 0 Å². The number of hydrogen-bond donors (Lipinski definition) is 0. The lowest BCUT2D eigenvalue weighted by Gasteiger charge is -2.42. The van der Waals surface area contributed by atoms with Crippen LogP contribution >= 0.6 is 7.14 Å². The standard InChI is InChI=1S/C16H27OP/c1-8-13-11-9-10-12-14(13)18(17,15(2,3)4)16(5,6)7/h9-12H,8H2,1-7H3. The van der Waals surface area contributed by atoms with Crippen LogP contribution in [0.3, 0.4) is 0 Å². The van der Waals surface area contributed by atoms with Crippen molar-refractivity contribution in [2.24, 2.45) is 0 Å². The molecule has 0 saturated carbocycles. The van der Waals surface area contributed by atoms with Gasteiger partial charge in [0.25, 0.3) is 0 Å². The summed E-state index contributed by atoms with van der Waals surface area (Å²) in [5.41, 5.74) is 1.23. The molecule has 1 rings (SSSR count). The second kappa shape index (κ2) is 4.85. The summed E-state index contributed by atoms with van der Waals surface area (Å²) in [4.78, 5) is 0. The molecule has 1 nitrogen and oxygen atoms in total. The summed E-state index contributed by atoms with van der Waals surface area (Å²) in [5.74, 6) is 0. The molecule has 1 aromatic carbocycles. The molecule has 0 N–H and O–H groups in total. The molecule has 0 aliphatic heterocycles. The first-order valence-electron chi connectivity index (χ1n) is 6.74. The van der Waals surface area contributed by atoms with Crippen molar-refractivity contribution in [1.82, 2.24) is 0 Å². The molecule has 0 aliphatic carbocycles. The van der Waals surface area contributed by atoms with E-state index in [1.54, 1.807) is 0 Å². The predicted molar refractivity (Wildman–Crippen MR) is 82.6 cm³/mol. The predicted octanol–water partition coefficient (Wildman–Crippen LogP) is 4.83. The first-order chi connectivity index (χ1) is 8.05. The summed E-state index contributed by atoms with van der Waals surface area (Å²) in [6, 6.07) is 8.23. The van der Waals surface area contributed by atoms with Gasteiger partial charge in [0.1, 0.15) is 7.14 Å². The van der Waals surface area contributed by atoms with Gasteiger partial charge >= 0.3 is 0 Å². The summed E-state index contributed by atoms with van der Waals surface area (Å²) >= 11 is 0. The Hall–Kier alpha value is -0.550. The van der Waals surface area contributed by atoms with E-state index in [-0.39, 0.29) is 10.3 Å². The third-order valence-corrected chi connectivity index (χ3v) is 8.49. The molecule has 0 amide bonds. The summed E-state index contributed by atoms with van der Waals surface area (Å²) in [5, 5.41) is 0.653. The number of hydrogen-bond acceptors (Lipinski definition) is 1. The van der Waals surface area contributed by atoms with Crippen molar-refractivity contribution in [3.05, 3.63) is 29.8 Å². The van der Waals surface area contributed by atoms with Gasteiger partial charge in [-0.05, 0) is 12.0 Å². The fourth-order valence-corrected chi connectivity index (χ4v) is 7.24. The first kappa shape index (κ1) is 15.5. The van der Waals surface area contributed by atoms with Crippen LogP contribution in [-0.2, 0) is 11.0 Å². The van der Waals surface area contributed by atoms with Crippen LogP contribution in [0.1, 0.15) is 54.0 Å². The van der Waals surface area contributed by atoms with Crippen LogP contribution in [0, 0.1) is 0 Å². The minimum atomic E-state index is -2.49. The second-order valence-electron chi connectivity index (χ2n) is 6.93. The van der Waals surface area contributed by atoms with Gasteiger partial charge in [0.15, 0.2) is 0 Å². The molecule has 0 radical (unpaired) electrons. The zero-order valence-corrected chi connectivity index (χ0v) is 13.8. The fraction of sp³-hybridized carbons (Fsp3) is 0.625. The molecule has 2 heteroatoms. The quantitative estimate of drug-likeness (QED) is 0.700. The van der Waals surface area contributed by atoms with E-state index < -0.39 is 7.14 Å². The highest BCUT2D eigenvalue weighted by atomic mass is 31.2. The molecule has 0 fully saturated rings. The van der Waals surface area contributed by atoms with Gasteiger partial charge in [-0.3, -0.25) is 0 Å². The van der Waals surface area contributed by atoms with E-state index in [2.05, 4.69) is 60.6 Å². The van der Waals surface area contributed by atoms with Crippen molar-refractivity contribution in [2.75, 3.05) is 0 Å². The third kappa shape index (κ3) is 2.43. The maximum absolute atomic E-state index is 13.8. The molecule has 0 saturated heterocycles. The third-order valence-electron chi connectivity index (χ3n) is 3.60. The Morgan fingerprint density at radius 2 is 1.39 bits per heavy atom. The molecule has 0 heterocycles. The van der Waals surface area contributed by atoms with Crippen molar-refractivity contribution in [1.29, 1.82) is 0 Å². The van der Waals surface area contributed by atoms with Crippen LogP contribution in [0.15, 0.2) is 24.3 Å². The Kier molecular flexibility index (Phi) is 4.18. The smallest absolute Gasteiger partial charge is 0.125 e. The molecule has 0 spiro atoms. The van der Waals surface area contributed by atoms with Gasteiger partial charge in [0, 0.05) is 15.6 Å². The Morgan fingerprint density at radius 3 is 1.78 bits per heavy atom. The summed E-state index contributed by atoms with van der Waals surface area (Å²) in [6.45, 7) is 14.7. The topological polar surface area (TPSA) is 17.1 Å². The number of rotatable bonds is 2. The monoisotopic (exact) mass is 266 g/mol. The molecular weight excluding hydrogens is 239 g/mol. The molecule has 0 bridgehead atoms. The lowest BCUT2D eigenvalue weighted by Crippen LogP contribution is -2.36. The van der Waals surface area contributed by atoms with Crippen LogP contribution < -0.4 is 5.30 Å². The summed E-state index contributed by atoms with van der Waals surface area (Å²) in [7, 11) is -2.49. The Labute approximate surface area is 112 Å². The molecule has 18 heavy (non-hydrogen) atoms. The fourth-order valence-electron chi connectivity index (χ4n) is 2.85. The minimum absolute atomic E-state index is 0.212. The highest BCUT2D eigenvalue weighted by molar-refractivity contribution is 7.74. The van der Waals surface area contributed by atoms with E-state index in [0.717, 1.165) is 11.7 Å². The lowest BCUT2D eigenvalue weighted by molar-refractivity contribution is 0.527. The number of aryl methyl sites for hydroxylation is 1. The molecule has 102 valence electrons. The molecular formula is C16H27OP. The molecule has 1 aromatic rings. The maximum Gasteiger partial charge on any atom is 0.125 e. The first-order valence-corrected chi connectivity index (χ1v) is 8.45. The van der Waals surface area contributed by atoms with Crippen LogP contribution in [0.4, 0.5) is 0 Å². The molecule has 0 atom stereocenters.